The molecule has 26 heavy (non-hydrogen) atoms. The van der Waals surface area contributed by atoms with Crippen LogP contribution in [-0.2, 0) is 11.2 Å². The van der Waals surface area contributed by atoms with Crippen molar-refractivity contribution in [3.8, 4) is 11.5 Å². The number of benzene rings is 1. The molecule has 0 heterocycles. The summed E-state index contributed by atoms with van der Waals surface area (Å²) in [7, 11) is 1.57. The zero-order chi connectivity index (χ0) is 18.7. The second-order valence-electron chi connectivity index (χ2n) is 8.74. The number of ether oxygens (including phenoxy) is 1. The Bertz CT molecular complexity index is 744. The monoisotopic (exact) mass is 360 g/mol. The number of carbonyl (C=O) groups is 1. The van der Waals surface area contributed by atoms with E-state index in [0.717, 1.165) is 32.1 Å². The first-order chi connectivity index (χ1) is 12.3. The number of aliphatic carboxylic acids is 1. The second kappa shape index (κ2) is 5.88. The zero-order valence-corrected chi connectivity index (χ0v) is 15.5. The first-order valence-corrected chi connectivity index (χ1v) is 9.63. The molecular weight excluding hydrogens is 332 g/mol. The topological polar surface area (TPSA) is 87.0 Å². The molecule has 5 atom stereocenters. The Kier molecular flexibility index (Phi) is 3.99. The number of aliphatic hydroxyl groups is 1. The molecular formula is C21H28O5. The van der Waals surface area contributed by atoms with E-state index in [1.165, 1.54) is 11.1 Å². The van der Waals surface area contributed by atoms with Gasteiger partial charge in [0.15, 0.2) is 11.5 Å². The molecule has 3 N–H and O–H groups in total. The quantitative estimate of drug-likeness (QED) is 0.768. The molecule has 1 aromatic carbocycles. The van der Waals surface area contributed by atoms with Crippen molar-refractivity contribution < 1.29 is 24.9 Å². The number of fused-ring (bicyclic) bond motifs is 5. The van der Waals surface area contributed by atoms with E-state index in [9.17, 15) is 20.1 Å². The molecule has 0 radical (unpaired) electrons. The number of carboxylic acid groups (broad SMARTS) is 1. The van der Waals surface area contributed by atoms with Gasteiger partial charge in [-0.2, -0.15) is 0 Å². The van der Waals surface area contributed by atoms with Crippen LogP contribution in [0.5, 0.6) is 11.5 Å². The summed E-state index contributed by atoms with van der Waals surface area (Å²) in [6, 6.07) is 3.83. The highest BCUT2D eigenvalue weighted by Crippen LogP contribution is 2.65. The number of phenols is 1. The van der Waals surface area contributed by atoms with Gasteiger partial charge in [-0.25, -0.2) is 0 Å². The average Bonchev–Trinajstić information content (AvgIpc) is 2.84. The van der Waals surface area contributed by atoms with Crippen molar-refractivity contribution in [1.29, 1.82) is 0 Å². The summed E-state index contributed by atoms with van der Waals surface area (Å²) in [5, 5.41) is 30.6. The third-order valence-electron chi connectivity index (χ3n) is 7.79. The maximum Gasteiger partial charge on any atom is 0.306 e. The molecule has 0 unspecified atom stereocenters. The molecule has 2 saturated carbocycles. The summed E-state index contributed by atoms with van der Waals surface area (Å²) in [6.07, 6.45) is 5.05. The van der Waals surface area contributed by atoms with E-state index in [1.807, 2.05) is 12.1 Å². The largest absolute Gasteiger partial charge is 0.504 e. The van der Waals surface area contributed by atoms with Crippen molar-refractivity contribution in [2.75, 3.05) is 7.11 Å². The lowest BCUT2D eigenvalue weighted by Gasteiger charge is -2.53. The van der Waals surface area contributed by atoms with E-state index in [-0.39, 0.29) is 17.6 Å². The molecule has 5 heteroatoms. The van der Waals surface area contributed by atoms with E-state index in [1.54, 1.807) is 7.11 Å². The number of hydrogen-bond acceptors (Lipinski definition) is 4. The third-order valence-corrected chi connectivity index (χ3v) is 7.79. The lowest BCUT2D eigenvalue weighted by Crippen LogP contribution is -2.51. The van der Waals surface area contributed by atoms with E-state index < -0.39 is 11.6 Å². The van der Waals surface area contributed by atoms with Crippen LogP contribution in [-0.4, -0.2) is 34.0 Å². The maximum absolute atomic E-state index is 11.3. The Labute approximate surface area is 154 Å². The highest BCUT2D eigenvalue weighted by atomic mass is 16.5. The van der Waals surface area contributed by atoms with Gasteiger partial charge in [0.2, 0.25) is 0 Å². The Morgan fingerprint density at radius 1 is 1.27 bits per heavy atom. The molecule has 3 aliphatic rings. The van der Waals surface area contributed by atoms with Crippen molar-refractivity contribution in [2.24, 2.45) is 17.3 Å². The summed E-state index contributed by atoms with van der Waals surface area (Å²) in [6.45, 7) is 2.11. The average molecular weight is 360 g/mol. The highest BCUT2D eigenvalue weighted by Gasteiger charge is 2.61. The summed E-state index contributed by atoms with van der Waals surface area (Å²) in [4.78, 5) is 11.3. The normalized spacial score (nSPS) is 38.2. The molecule has 5 nitrogen and oxygen atoms in total. The Morgan fingerprint density at radius 3 is 2.73 bits per heavy atom. The lowest BCUT2D eigenvalue weighted by molar-refractivity contribution is -0.153. The summed E-state index contributed by atoms with van der Waals surface area (Å²) in [5.41, 5.74) is 1.05. The fraction of sp³-hybridized carbons (Fsp3) is 0.667. The van der Waals surface area contributed by atoms with E-state index >= 15 is 0 Å². The molecule has 4 rings (SSSR count). The Morgan fingerprint density at radius 2 is 2.04 bits per heavy atom. The van der Waals surface area contributed by atoms with Crippen LogP contribution in [0.15, 0.2) is 12.1 Å². The Hall–Kier alpha value is -1.75. The van der Waals surface area contributed by atoms with Gasteiger partial charge >= 0.3 is 5.97 Å². The minimum atomic E-state index is -1.10. The van der Waals surface area contributed by atoms with Crippen LogP contribution in [0.1, 0.15) is 62.5 Å². The van der Waals surface area contributed by atoms with Gasteiger partial charge in [0.05, 0.1) is 19.1 Å². The van der Waals surface area contributed by atoms with Gasteiger partial charge in [0.1, 0.15) is 0 Å². The van der Waals surface area contributed by atoms with Crippen molar-refractivity contribution in [2.45, 2.75) is 63.4 Å². The van der Waals surface area contributed by atoms with Crippen molar-refractivity contribution >= 4 is 5.97 Å². The molecule has 0 aliphatic heterocycles. The molecule has 1 aromatic rings. The molecule has 2 fully saturated rings. The van der Waals surface area contributed by atoms with Gasteiger partial charge in [-0.1, -0.05) is 6.92 Å². The predicted molar refractivity (Wildman–Crippen MR) is 96.5 cm³/mol. The molecule has 142 valence electrons. The van der Waals surface area contributed by atoms with Crippen LogP contribution in [0.3, 0.4) is 0 Å². The summed E-state index contributed by atoms with van der Waals surface area (Å²) < 4.78 is 5.32. The first kappa shape index (κ1) is 17.7. The van der Waals surface area contributed by atoms with Crippen LogP contribution in [0.2, 0.25) is 0 Å². The van der Waals surface area contributed by atoms with Crippen LogP contribution >= 0.6 is 0 Å². The fourth-order valence-corrected chi connectivity index (χ4v) is 6.40. The minimum Gasteiger partial charge on any atom is -0.504 e. The first-order valence-electron chi connectivity index (χ1n) is 9.63. The molecule has 0 amide bonds. The SMILES string of the molecule is COc1cc2c(cc1O)CC[C@@H]1[C@@H]2CC[C@@]2(C)[C@H]1CC[C@@]2(O)CC(=O)O. The number of carboxylic acids is 1. The lowest BCUT2D eigenvalue weighted by atomic mass is 9.53. The standard InChI is InChI=1S/C21H28O5/c1-20-7-5-13-14(16(20)6-8-21(20,25)11-19(23)24)4-3-12-9-17(22)18(26-2)10-15(12)13/h9-10,13-14,16,22,25H,3-8,11H2,1-2H3,(H,23,24)/t13-,14+,16-,20-,21+/m0/s1. The highest BCUT2D eigenvalue weighted by molar-refractivity contribution is 5.68. The van der Waals surface area contributed by atoms with Gasteiger partial charge in [-0.3, -0.25) is 4.79 Å². The summed E-state index contributed by atoms with van der Waals surface area (Å²) in [5.74, 6) is 1.01. The number of hydrogen-bond donors (Lipinski definition) is 3. The molecule has 0 spiro atoms. The van der Waals surface area contributed by atoms with Crippen LogP contribution in [0.4, 0.5) is 0 Å². The predicted octanol–water partition coefficient (Wildman–Crippen LogP) is 3.46. The van der Waals surface area contributed by atoms with Gasteiger partial charge in [-0.15, -0.1) is 0 Å². The van der Waals surface area contributed by atoms with Crippen molar-refractivity contribution in [3.63, 3.8) is 0 Å². The van der Waals surface area contributed by atoms with Gasteiger partial charge < -0.3 is 20.1 Å². The smallest absolute Gasteiger partial charge is 0.306 e. The van der Waals surface area contributed by atoms with E-state index in [4.69, 9.17) is 4.74 Å². The van der Waals surface area contributed by atoms with Crippen LogP contribution in [0.25, 0.3) is 0 Å². The number of methoxy groups -OCH3 is 1. The molecule has 3 aliphatic carbocycles. The van der Waals surface area contributed by atoms with Crippen molar-refractivity contribution in [3.05, 3.63) is 23.3 Å². The van der Waals surface area contributed by atoms with Crippen LogP contribution in [0, 0.1) is 17.3 Å². The van der Waals surface area contributed by atoms with Crippen LogP contribution < -0.4 is 4.74 Å². The fourth-order valence-electron chi connectivity index (χ4n) is 6.40. The molecule has 0 bridgehead atoms. The Balaban J connectivity index is 1.68. The third kappa shape index (κ3) is 2.36. The minimum absolute atomic E-state index is 0.157. The number of aromatic hydroxyl groups is 1. The maximum atomic E-state index is 11.3. The van der Waals surface area contributed by atoms with Crippen molar-refractivity contribution in [1.82, 2.24) is 0 Å². The number of phenolic OH excluding ortho intramolecular Hbond substituents is 1. The van der Waals surface area contributed by atoms with Gasteiger partial charge in [-0.05, 0) is 79.5 Å². The molecule has 0 aromatic heterocycles. The summed E-state index contributed by atoms with van der Waals surface area (Å²) >= 11 is 0. The van der Waals surface area contributed by atoms with Gasteiger partial charge in [0.25, 0.3) is 0 Å². The molecule has 0 saturated heterocycles. The van der Waals surface area contributed by atoms with Gasteiger partial charge in [0, 0.05) is 5.41 Å². The number of aryl methyl sites for hydroxylation is 1. The van der Waals surface area contributed by atoms with E-state index in [2.05, 4.69) is 6.92 Å². The number of rotatable bonds is 3. The van der Waals surface area contributed by atoms with E-state index in [0.29, 0.717) is 29.9 Å². The zero-order valence-electron chi connectivity index (χ0n) is 15.5. The second-order valence-corrected chi connectivity index (χ2v) is 8.74.